The molecule has 4 heteroatoms. The van der Waals surface area contributed by atoms with Gasteiger partial charge >= 0.3 is 0 Å². The van der Waals surface area contributed by atoms with Gasteiger partial charge in [-0.2, -0.15) is 0 Å². The monoisotopic (exact) mass is 235 g/mol. The predicted molar refractivity (Wildman–Crippen MR) is 64.1 cm³/mol. The minimum Gasteiger partial charge on any atom is -0.508 e. The zero-order chi connectivity index (χ0) is 12.6. The van der Waals surface area contributed by atoms with Gasteiger partial charge in [0.2, 0.25) is 0 Å². The molecule has 0 bridgehead atoms. The quantitative estimate of drug-likeness (QED) is 0.731. The van der Waals surface area contributed by atoms with E-state index in [-0.39, 0.29) is 28.4 Å². The smallest absolute Gasteiger partial charge is 0.257 e. The van der Waals surface area contributed by atoms with Crippen LogP contribution >= 0.6 is 0 Å². The number of aromatic hydroxyl groups is 2. The van der Waals surface area contributed by atoms with Crippen molar-refractivity contribution >= 4 is 5.91 Å². The Morgan fingerprint density at radius 3 is 2.65 bits per heavy atom. The average molecular weight is 235 g/mol. The van der Waals surface area contributed by atoms with Crippen LogP contribution in [-0.2, 0) is 0 Å². The van der Waals surface area contributed by atoms with Crippen molar-refractivity contribution in [1.29, 1.82) is 0 Å². The Balaban J connectivity index is 2.23. The van der Waals surface area contributed by atoms with Gasteiger partial charge in [0.05, 0.1) is 5.56 Å². The van der Waals surface area contributed by atoms with Crippen LogP contribution in [-0.4, -0.2) is 34.1 Å². The van der Waals surface area contributed by atoms with Crippen molar-refractivity contribution < 1.29 is 15.0 Å². The van der Waals surface area contributed by atoms with Crippen LogP contribution in [0.25, 0.3) is 0 Å². The number of phenolic OH excluding ortho intramolecular Hbond substituents is 2. The van der Waals surface area contributed by atoms with Crippen molar-refractivity contribution in [1.82, 2.24) is 4.90 Å². The zero-order valence-corrected chi connectivity index (χ0v) is 10.1. The molecular formula is C13H17NO3. The molecule has 1 aliphatic heterocycles. The van der Waals surface area contributed by atoms with E-state index in [9.17, 15) is 15.0 Å². The summed E-state index contributed by atoms with van der Waals surface area (Å²) in [5.41, 5.74) is 0.296. The van der Waals surface area contributed by atoms with Crippen LogP contribution in [0.2, 0.25) is 0 Å². The second kappa shape index (κ2) is 3.95. The number of rotatable bonds is 1. The lowest BCUT2D eigenvalue weighted by molar-refractivity contribution is 0.0775. The van der Waals surface area contributed by atoms with Gasteiger partial charge in [0.1, 0.15) is 11.5 Å². The Morgan fingerprint density at radius 2 is 2.06 bits per heavy atom. The van der Waals surface area contributed by atoms with Crippen molar-refractivity contribution in [2.75, 3.05) is 13.1 Å². The van der Waals surface area contributed by atoms with Gasteiger partial charge in [0.25, 0.3) is 5.91 Å². The van der Waals surface area contributed by atoms with E-state index in [1.165, 1.54) is 18.2 Å². The Morgan fingerprint density at radius 1 is 1.35 bits per heavy atom. The maximum absolute atomic E-state index is 12.2. The van der Waals surface area contributed by atoms with Crippen LogP contribution in [0.4, 0.5) is 0 Å². The topological polar surface area (TPSA) is 60.8 Å². The Labute approximate surface area is 100 Å². The van der Waals surface area contributed by atoms with Gasteiger partial charge < -0.3 is 15.1 Å². The molecule has 2 N–H and O–H groups in total. The average Bonchev–Trinajstić information content (AvgIpc) is 2.61. The van der Waals surface area contributed by atoms with Crippen molar-refractivity contribution in [2.45, 2.75) is 20.3 Å². The number of carbonyl (C=O) groups excluding carboxylic acids is 1. The molecule has 0 aromatic heterocycles. The maximum atomic E-state index is 12.2. The summed E-state index contributed by atoms with van der Waals surface area (Å²) in [5.74, 6) is -0.314. The molecule has 4 nitrogen and oxygen atoms in total. The molecule has 1 aliphatic rings. The fourth-order valence-electron chi connectivity index (χ4n) is 2.15. The number of hydrogen-bond acceptors (Lipinski definition) is 3. The molecule has 1 aromatic rings. The lowest BCUT2D eigenvalue weighted by Gasteiger charge is -2.20. The van der Waals surface area contributed by atoms with Crippen molar-refractivity contribution in [2.24, 2.45) is 5.41 Å². The third-order valence-corrected chi connectivity index (χ3v) is 3.18. The maximum Gasteiger partial charge on any atom is 0.257 e. The normalized spacial score (nSPS) is 18.4. The Kier molecular flexibility index (Phi) is 2.73. The molecule has 0 saturated carbocycles. The second-order valence-corrected chi connectivity index (χ2v) is 5.34. The Hall–Kier alpha value is -1.71. The number of benzene rings is 1. The van der Waals surface area contributed by atoms with Crippen LogP contribution in [0.3, 0.4) is 0 Å². The van der Waals surface area contributed by atoms with Gasteiger partial charge in [-0.1, -0.05) is 13.8 Å². The highest BCUT2D eigenvalue weighted by Gasteiger charge is 2.33. The highest BCUT2D eigenvalue weighted by atomic mass is 16.3. The number of phenols is 2. The Bertz CT molecular complexity index is 454. The van der Waals surface area contributed by atoms with E-state index >= 15 is 0 Å². The molecule has 0 aliphatic carbocycles. The van der Waals surface area contributed by atoms with Gasteiger partial charge in [0, 0.05) is 13.1 Å². The van der Waals surface area contributed by atoms with E-state index in [4.69, 9.17) is 0 Å². The highest BCUT2D eigenvalue weighted by molar-refractivity contribution is 5.97. The largest absolute Gasteiger partial charge is 0.508 e. The molecule has 0 atom stereocenters. The SMILES string of the molecule is CC1(C)CCN(C(=O)c2cc(O)ccc2O)C1. The van der Waals surface area contributed by atoms with E-state index < -0.39 is 0 Å². The summed E-state index contributed by atoms with van der Waals surface area (Å²) in [7, 11) is 0. The first-order valence-corrected chi connectivity index (χ1v) is 5.70. The van der Waals surface area contributed by atoms with Crippen molar-refractivity contribution in [3.05, 3.63) is 23.8 Å². The summed E-state index contributed by atoms with van der Waals surface area (Å²) < 4.78 is 0. The number of carbonyl (C=O) groups is 1. The summed E-state index contributed by atoms with van der Waals surface area (Å²) in [5, 5.41) is 19.0. The molecule has 17 heavy (non-hydrogen) atoms. The number of nitrogens with zero attached hydrogens (tertiary/aromatic N) is 1. The van der Waals surface area contributed by atoms with E-state index in [0.29, 0.717) is 13.1 Å². The number of hydrogen-bond donors (Lipinski definition) is 2. The fraction of sp³-hybridized carbons (Fsp3) is 0.462. The molecule has 1 amide bonds. The molecular weight excluding hydrogens is 218 g/mol. The summed E-state index contributed by atoms with van der Waals surface area (Å²) in [4.78, 5) is 13.9. The zero-order valence-electron chi connectivity index (χ0n) is 10.1. The van der Waals surface area contributed by atoms with E-state index in [2.05, 4.69) is 13.8 Å². The summed E-state index contributed by atoms with van der Waals surface area (Å²) in [6.07, 6.45) is 0.957. The second-order valence-electron chi connectivity index (χ2n) is 5.34. The molecule has 0 spiro atoms. The number of amides is 1. The molecule has 1 fully saturated rings. The fourth-order valence-corrected chi connectivity index (χ4v) is 2.15. The van der Waals surface area contributed by atoms with Crippen LogP contribution in [0, 0.1) is 5.41 Å². The van der Waals surface area contributed by atoms with Gasteiger partial charge in [-0.3, -0.25) is 4.79 Å². The minimum absolute atomic E-state index is 0.00962. The first-order chi connectivity index (χ1) is 7.89. The van der Waals surface area contributed by atoms with Gasteiger partial charge in [-0.25, -0.2) is 0 Å². The molecule has 1 saturated heterocycles. The van der Waals surface area contributed by atoms with Crippen LogP contribution in [0.5, 0.6) is 11.5 Å². The molecule has 2 rings (SSSR count). The lowest BCUT2D eigenvalue weighted by atomic mass is 9.93. The summed E-state index contributed by atoms with van der Waals surface area (Å²) >= 11 is 0. The van der Waals surface area contributed by atoms with Crippen LogP contribution in [0.1, 0.15) is 30.6 Å². The molecule has 92 valence electrons. The predicted octanol–water partition coefficient (Wildman–Crippen LogP) is 1.97. The third-order valence-electron chi connectivity index (χ3n) is 3.18. The van der Waals surface area contributed by atoms with Crippen molar-refractivity contribution in [3.63, 3.8) is 0 Å². The van der Waals surface area contributed by atoms with E-state index in [1.54, 1.807) is 4.90 Å². The standard InChI is InChI=1S/C13H17NO3/c1-13(2)5-6-14(8-13)12(17)10-7-9(15)3-4-11(10)16/h3-4,7,15-16H,5-6,8H2,1-2H3. The molecule has 1 aromatic carbocycles. The van der Waals surface area contributed by atoms with E-state index in [0.717, 1.165) is 6.42 Å². The van der Waals surface area contributed by atoms with Gasteiger partial charge in [-0.15, -0.1) is 0 Å². The highest BCUT2D eigenvalue weighted by Crippen LogP contribution is 2.31. The summed E-state index contributed by atoms with van der Waals surface area (Å²) in [6.45, 7) is 5.60. The number of likely N-dealkylation sites (tertiary alicyclic amines) is 1. The van der Waals surface area contributed by atoms with Crippen LogP contribution in [0.15, 0.2) is 18.2 Å². The lowest BCUT2D eigenvalue weighted by Crippen LogP contribution is -2.30. The molecule has 0 unspecified atom stereocenters. The van der Waals surface area contributed by atoms with E-state index in [1.807, 2.05) is 0 Å². The van der Waals surface area contributed by atoms with Crippen molar-refractivity contribution in [3.8, 4) is 11.5 Å². The first kappa shape index (κ1) is 11.8. The van der Waals surface area contributed by atoms with Crippen LogP contribution < -0.4 is 0 Å². The summed E-state index contributed by atoms with van der Waals surface area (Å²) in [6, 6.07) is 4.01. The molecule has 0 radical (unpaired) electrons. The third kappa shape index (κ3) is 2.35. The minimum atomic E-state index is -0.219. The van der Waals surface area contributed by atoms with Gasteiger partial charge in [-0.05, 0) is 30.0 Å². The first-order valence-electron chi connectivity index (χ1n) is 5.70. The molecule has 1 heterocycles. The van der Waals surface area contributed by atoms with Gasteiger partial charge in [0.15, 0.2) is 0 Å².